The zero-order valence-electron chi connectivity index (χ0n) is 16.0. The van der Waals surface area contributed by atoms with Gasteiger partial charge in [0.2, 0.25) is 0 Å². The van der Waals surface area contributed by atoms with Gasteiger partial charge < -0.3 is 9.64 Å². The van der Waals surface area contributed by atoms with E-state index in [2.05, 4.69) is 47.2 Å². The first-order chi connectivity index (χ1) is 12.8. The van der Waals surface area contributed by atoms with E-state index >= 15 is 0 Å². The van der Waals surface area contributed by atoms with Crippen molar-refractivity contribution in [2.24, 2.45) is 5.92 Å². The first kappa shape index (κ1) is 18.9. The molecule has 0 atom stereocenters. The maximum Gasteiger partial charge on any atom is 0.119 e. The molecule has 1 heterocycles. The van der Waals surface area contributed by atoms with Crippen LogP contribution < -0.4 is 4.74 Å². The Labute approximate surface area is 158 Å². The Hall–Kier alpha value is -1.84. The second kappa shape index (κ2) is 10.3. The molecule has 1 aliphatic rings. The summed E-state index contributed by atoms with van der Waals surface area (Å²) in [5, 5.41) is 0. The fourth-order valence-corrected chi connectivity index (χ4v) is 3.69. The van der Waals surface area contributed by atoms with Crippen LogP contribution in [0.25, 0.3) is 0 Å². The highest BCUT2D eigenvalue weighted by atomic mass is 16.5. The number of nitrogens with zero attached hydrogens (tertiary/aromatic N) is 2. The van der Waals surface area contributed by atoms with E-state index in [-0.39, 0.29) is 0 Å². The lowest BCUT2D eigenvalue weighted by atomic mass is 9.93. The van der Waals surface area contributed by atoms with E-state index in [0.29, 0.717) is 0 Å². The molecule has 0 aromatic heterocycles. The van der Waals surface area contributed by atoms with Crippen molar-refractivity contribution in [3.05, 3.63) is 66.2 Å². The Morgan fingerprint density at radius 1 is 0.962 bits per heavy atom. The number of piperidine rings is 1. The first-order valence-corrected chi connectivity index (χ1v) is 9.92. The van der Waals surface area contributed by atoms with Gasteiger partial charge in [0.05, 0.1) is 0 Å². The highest BCUT2D eigenvalue weighted by Gasteiger charge is 2.19. The smallest absolute Gasteiger partial charge is 0.119 e. The third-order valence-electron chi connectivity index (χ3n) is 5.34. The van der Waals surface area contributed by atoms with Crippen molar-refractivity contribution in [2.75, 3.05) is 39.8 Å². The molecule has 0 radical (unpaired) electrons. The summed E-state index contributed by atoms with van der Waals surface area (Å²) in [6.45, 7) is 6.49. The summed E-state index contributed by atoms with van der Waals surface area (Å²) in [4.78, 5) is 5.00. The predicted molar refractivity (Wildman–Crippen MR) is 108 cm³/mol. The second-order valence-corrected chi connectivity index (χ2v) is 7.46. The number of para-hydroxylation sites is 1. The van der Waals surface area contributed by atoms with Crippen LogP contribution in [0.15, 0.2) is 60.7 Å². The molecule has 0 N–H and O–H groups in total. The minimum Gasteiger partial charge on any atom is -0.492 e. The predicted octanol–water partition coefficient (Wildman–Crippen LogP) is 4.30. The highest BCUT2D eigenvalue weighted by Crippen LogP contribution is 2.21. The lowest BCUT2D eigenvalue weighted by molar-refractivity contribution is 0.145. The van der Waals surface area contributed by atoms with Gasteiger partial charge in [0.1, 0.15) is 12.4 Å². The minimum atomic E-state index is 0.786. The van der Waals surface area contributed by atoms with Gasteiger partial charge in [-0.2, -0.15) is 0 Å². The fourth-order valence-electron chi connectivity index (χ4n) is 3.69. The Morgan fingerprint density at radius 2 is 1.62 bits per heavy atom. The topological polar surface area (TPSA) is 15.7 Å². The summed E-state index contributed by atoms with van der Waals surface area (Å²) in [7, 11) is 2.24. The second-order valence-electron chi connectivity index (χ2n) is 7.46. The van der Waals surface area contributed by atoms with Crippen molar-refractivity contribution in [3.8, 4) is 5.75 Å². The summed E-state index contributed by atoms with van der Waals surface area (Å²) in [5.41, 5.74) is 1.41. The lowest BCUT2D eigenvalue weighted by Gasteiger charge is -2.32. The summed E-state index contributed by atoms with van der Waals surface area (Å²) in [5.74, 6) is 1.85. The largest absolute Gasteiger partial charge is 0.492 e. The Balaban J connectivity index is 1.27. The fraction of sp³-hybridized carbons (Fsp3) is 0.478. The molecule has 2 aromatic carbocycles. The summed E-state index contributed by atoms with van der Waals surface area (Å²) < 4.78 is 5.82. The standard InChI is InChI=1S/C23H32N2O/c1-24(20-22-8-4-2-5-9-22)15-12-21-13-16-25(17-14-21)18-19-26-23-10-6-3-7-11-23/h2-11,21H,12-20H2,1H3. The molecule has 2 aromatic rings. The molecule has 1 fully saturated rings. The van der Waals surface area contributed by atoms with E-state index in [0.717, 1.165) is 31.4 Å². The number of likely N-dealkylation sites (tertiary alicyclic amines) is 1. The van der Waals surface area contributed by atoms with E-state index in [9.17, 15) is 0 Å². The SMILES string of the molecule is CN(CCC1CCN(CCOc2ccccc2)CC1)Cc1ccccc1. The number of benzene rings is 2. The molecule has 0 bridgehead atoms. The van der Waals surface area contributed by atoms with Crippen LogP contribution in [0.5, 0.6) is 5.75 Å². The Morgan fingerprint density at radius 3 is 2.31 bits per heavy atom. The average molecular weight is 353 g/mol. The molecule has 0 aliphatic carbocycles. The van der Waals surface area contributed by atoms with Gasteiger partial charge in [-0.1, -0.05) is 48.5 Å². The summed E-state index contributed by atoms with van der Waals surface area (Å²) in [6, 6.07) is 20.9. The van der Waals surface area contributed by atoms with Crippen LogP contribution in [0.2, 0.25) is 0 Å². The zero-order chi connectivity index (χ0) is 18.0. The average Bonchev–Trinajstić information content (AvgIpc) is 2.69. The van der Waals surface area contributed by atoms with Gasteiger partial charge in [-0.05, 0) is 69.6 Å². The minimum absolute atomic E-state index is 0.786. The number of ether oxygens (including phenoxy) is 1. The van der Waals surface area contributed by atoms with Crippen LogP contribution in [0.3, 0.4) is 0 Å². The molecule has 26 heavy (non-hydrogen) atoms. The van der Waals surface area contributed by atoms with Crippen LogP contribution >= 0.6 is 0 Å². The van der Waals surface area contributed by atoms with Gasteiger partial charge in [-0.3, -0.25) is 4.90 Å². The molecule has 0 spiro atoms. The van der Waals surface area contributed by atoms with Crippen molar-refractivity contribution in [2.45, 2.75) is 25.8 Å². The normalized spacial score (nSPS) is 16.1. The van der Waals surface area contributed by atoms with Crippen molar-refractivity contribution in [1.29, 1.82) is 0 Å². The molecule has 1 aliphatic heterocycles. The Bertz CT molecular complexity index is 609. The molecule has 0 unspecified atom stereocenters. The van der Waals surface area contributed by atoms with Crippen molar-refractivity contribution >= 4 is 0 Å². The monoisotopic (exact) mass is 352 g/mol. The van der Waals surface area contributed by atoms with Gasteiger partial charge in [0.25, 0.3) is 0 Å². The maximum absolute atomic E-state index is 5.82. The number of hydrogen-bond acceptors (Lipinski definition) is 3. The molecule has 3 heteroatoms. The molecule has 3 nitrogen and oxygen atoms in total. The van der Waals surface area contributed by atoms with E-state index < -0.39 is 0 Å². The van der Waals surface area contributed by atoms with Crippen LogP contribution in [0, 0.1) is 5.92 Å². The molecule has 0 saturated carbocycles. The summed E-state index contributed by atoms with van der Waals surface area (Å²) in [6.07, 6.45) is 3.96. The van der Waals surface area contributed by atoms with Gasteiger partial charge in [-0.25, -0.2) is 0 Å². The van der Waals surface area contributed by atoms with Crippen molar-refractivity contribution < 1.29 is 4.74 Å². The van der Waals surface area contributed by atoms with E-state index in [1.807, 2.05) is 30.3 Å². The highest BCUT2D eigenvalue weighted by molar-refractivity contribution is 5.20. The quantitative estimate of drug-likeness (QED) is 0.669. The van der Waals surface area contributed by atoms with Crippen molar-refractivity contribution in [3.63, 3.8) is 0 Å². The van der Waals surface area contributed by atoms with Gasteiger partial charge in [0, 0.05) is 13.1 Å². The molecule has 0 amide bonds. The molecule has 1 saturated heterocycles. The molecule has 140 valence electrons. The number of rotatable bonds is 9. The van der Waals surface area contributed by atoms with E-state index in [1.165, 1.54) is 44.5 Å². The van der Waals surface area contributed by atoms with Crippen LogP contribution in [-0.2, 0) is 6.54 Å². The van der Waals surface area contributed by atoms with Crippen LogP contribution in [0.4, 0.5) is 0 Å². The third-order valence-corrected chi connectivity index (χ3v) is 5.34. The van der Waals surface area contributed by atoms with Gasteiger partial charge in [0.15, 0.2) is 0 Å². The number of hydrogen-bond donors (Lipinski definition) is 0. The van der Waals surface area contributed by atoms with E-state index in [1.54, 1.807) is 0 Å². The third kappa shape index (κ3) is 6.47. The van der Waals surface area contributed by atoms with Crippen molar-refractivity contribution in [1.82, 2.24) is 9.80 Å². The summed E-state index contributed by atoms with van der Waals surface area (Å²) >= 11 is 0. The molecule has 3 rings (SSSR count). The first-order valence-electron chi connectivity index (χ1n) is 9.92. The van der Waals surface area contributed by atoms with Crippen LogP contribution in [0.1, 0.15) is 24.8 Å². The van der Waals surface area contributed by atoms with Gasteiger partial charge in [-0.15, -0.1) is 0 Å². The van der Waals surface area contributed by atoms with E-state index in [4.69, 9.17) is 4.74 Å². The lowest BCUT2D eigenvalue weighted by Crippen LogP contribution is -2.37. The Kier molecular flexibility index (Phi) is 7.53. The molecular formula is C23H32N2O. The van der Waals surface area contributed by atoms with Gasteiger partial charge >= 0.3 is 0 Å². The zero-order valence-corrected chi connectivity index (χ0v) is 16.0. The maximum atomic E-state index is 5.82. The van der Waals surface area contributed by atoms with Crippen LogP contribution in [-0.4, -0.2) is 49.6 Å². The molecular weight excluding hydrogens is 320 g/mol.